The molecular weight excluding hydrogens is 270 g/mol. The molecule has 0 unspecified atom stereocenters. The molecule has 2 N–H and O–H groups in total. The van der Waals surface area contributed by atoms with Gasteiger partial charge in [0.25, 0.3) is 5.91 Å². The van der Waals surface area contributed by atoms with Crippen LogP contribution in [0.4, 0.5) is 0 Å². The van der Waals surface area contributed by atoms with Gasteiger partial charge >= 0.3 is 0 Å². The molecule has 0 aromatic heterocycles. The van der Waals surface area contributed by atoms with E-state index in [4.69, 9.17) is 5.11 Å². The molecule has 2 aromatic rings. The third-order valence-electron chi connectivity index (χ3n) is 2.72. The molecule has 1 amide bonds. The molecule has 0 fully saturated rings. The number of aliphatic hydroxyl groups excluding tert-OH is 1. The Kier molecular flexibility index (Phi) is 5.65. The second-order valence-corrected chi connectivity index (χ2v) is 5.36. The van der Waals surface area contributed by atoms with E-state index in [0.717, 1.165) is 9.79 Å². The van der Waals surface area contributed by atoms with Crippen molar-refractivity contribution in [2.45, 2.75) is 16.2 Å². The summed E-state index contributed by atoms with van der Waals surface area (Å²) >= 11 is 1.57. The lowest BCUT2D eigenvalue weighted by Crippen LogP contribution is -2.25. The molecule has 0 radical (unpaired) electrons. The van der Waals surface area contributed by atoms with Gasteiger partial charge in [0.15, 0.2) is 0 Å². The zero-order valence-electron chi connectivity index (χ0n) is 11.1. The van der Waals surface area contributed by atoms with E-state index >= 15 is 0 Å². The molecule has 3 nitrogen and oxygen atoms in total. The van der Waals surface area contributed by atoms with Crippen molar-refractivity contribution in [1.82, 2.24) is 5.32 Å². The smallest absolute Gasteiger partial charge is 0.252 e. The summed E-state index contributed by atoms with van der Waals surface area (Å²) in [5.74, 6) is -0.0996. The number of carbonyl (C=O) groups is 1. The first-order valence-corrected chi connectivity index (χ1v) is 7.34. The highest BCUT2D eigenvalue weighted by molar-refractivity contribution is 7.99. The molecular formula is C16H17NO2S. The highest BCUT2D eigenvalue weighted by atomic mass is 32.2. The highest BCUT2D eigenvalue weighted by Gasteiger charge is 2.11. The maximum atomic E-state index is 12.1. The molecule has 0 aliphatic carbocycles. The van der Waals surface area contributed by atoms with Gasteiger partial charge in [-0.15, -0.1) is 0 Å². The van der Waals surface area contributed by atoms with Crippen LogP contribution in [0.25, 0.3) is 0 Å². The lowest BCUT2D eigenvalue weighted by atomic mass is 10.2. The fourth-order valence-electron chi connectivity index (χ4n) is 1.73. The Hall–Kier alpha value is -1.78. The van der Waals surface area contributed by atoms with Gasteiger partial charge in [0.1, 0.15) is 0 Å². The van der Waals surface area contributed by atoms with E-state index < -0.39 is 0 Å². The number of nitrogens with one attached hydrogen (secondary N) is 1. The molecule has 0 bridgehead atoms. The van der Waals surface area contributed by atoms with Crippen LogP contribution >= 0.6 is 11.8 Å². The number of amides is 1. The van der Waals surface area contributed by atoms with Gasteiger partial charge in [-0.25, -0.2) is 0 Å². The largest absolute Gasteiger partial charge is 0.396 e. The fourth-order valence-corrected chi connectivity index (χ4v) is 2.70. The van der Waals surface area contributed by atoms with Crippen molar-refractivity contribution < 1.29 is 9.90 Å². The van der Waals surface area contributed by atoms with Gasteiger partial charge in [-0.2, -0.15) is 0 Å². The summed E-state index contributed by atoms with van der Waals surface area (Å²) in [6.45, 7) is 0.570. The van der Waals surface area contributed by atoms with Gasteiger partial charge < -0.3 is 10.4 Å². The van der Waals surface area contributed by atoms with Crippen LogP contribution in [0, 0.1) is 0 Å². The normalized spacial score (nSPS) is 10.2. The zero-order chi connectivity index (χ0) is 14.2. The van der Waals surface area contributed by atoms with Gasteiger partial charge in [-0.3, -0.25) is 4.79 Å². The van der Waals surface area contributed by atoms with E-state index in [1.54, 1.807) is 11.8 Å². The Balaban J connectivity index is 2.11. The van der Waals surface area contributed by atoms with Crippen molar-refractivity contribution in [1.29, 1.82) is 0 Å². The van der Waals surface area contributed by atoms with E-state index in [2.05, 4.69) is 5.32 Å². The van der Waals surface area contributed by atoms with Crippen LogP contribution in [0.3, 0.4) is 0 Å². The first kappa shape index (κ1) is 14.6. The molecule has 2 rings (SSSR count). The quantitative estimate of drug-likeness (QED) is 0.803. The minimum absolute atomic E-state index is 0.0840. The number of benzene rings is 2. The van der Waals surface area contributed by atoms with E-state index in [-0.39, 0.29) is 12.5 Å². The molecule has 0 aliphatic rings. The SMILES string of the molecule is O=C(NCCCO)c1ccccc1Sc1ccccc1. The van der Waals surface area contributed by atoms with Crippen LogP contribution in [0.15, 0.2) is 64.4 Å². The number of rotatable bonds is 6. The maximum absolute atomic E-state index is 12.1. The molecule has 0 atom stereocenters. The third-order valence-corrected chi connectivity index (χ3v) is 3.81. The molecule has 2 aromatic carbocycles. The third kappa shape index (κ3) is 4.11. The predicted octanol–water partition coefficient (Wildman–Crippen LogP) is 2.95. The Morgan fingerprint density at radius 2 is 1.75 bits per heavy atom. The summed E-state index contributed by atoms with van der Waals surface area (Å²) in [6, 6.07) is 17.5. The second-order valence-electron chi connectivity index (χ2n) is 4.24. The van der Waals surface area contributed by atoms with Gasteiger partial charge in [-0.05, 0) is 30.7 Å². The van der Waals surface area contributed by atoms with E-state index in [1.165, 1.54) is 0 Å². The Morgan fingerprint density at radius 3 is 2.50 bits per heavy atom. The number of carbonyl (C=O) groups excluding carboxylic acids is 1. The second kappa shape index (κ2) is 7.72. The van der Waals surface area contributed by atoms with Crippen LogP contribution in [-0.4, -0.2) is 24.2 Å². The minimum Gasteiger partial charge on any atom is -0.396 e. The molecule has 4 heteroatoms. The molecule has 20 heavy (non-hydrogen) atoms. The monoisotopic (exact) mass is 287 g/mol. The summed E-state index contributed by atoms with van der Waals surface area (Å²) in [4.78, 5) is 14.2. The average Bonchev–Trinajstić information content (AvgIpc) is 2.49. The first-order valence-electron chi connectivity index (χ1n) is 6.52. The summed E-state index contributed by atoms with van der Waals surface area (Å²) in [7, 11) is 0. The maximum Gasteiger partial charge on any atom is 0.252 e. The van der Waals surface area contributed by atoms with E-state index in [0.29, 0.717) is 18.5 Å². The minimum atomic E-state index is -0.0996. The number of aliphatic hydroxyl groups is 1. The molecule has 0 heterocycles. The van der Waals surface area contributed by atoms with Gasteiger partial charge in [0.2, 0.25) is 0 Å². The van der Waals surface area contributed by atoms with Crippen LogP contribution in [-0.2, 0) is 0 Å². The van der Waals surface area contributed by atoms with Crippen molar-refractivity contribution >= 4 is 17.7 Å². The summed E-state index contributed by atoms with van der Waals surface area (Å²) in [6.07, 6.45) is 0.569. The van der Waals surface area contributed by atoms with Crippen molar-refractivity contribution in [3.63, 3.8) is 0 Å². The molecule has 104 valence electrons. The van der Waals surface area contributed by atoms with Gasteiger partial charge in [0.05, 0.1) is 5.56 Å². The lowest BCUT2D eigenvalue weighted by Gasteiger charge is -2.09. The zero-order valence-corrected chi connectivity index (χ0v) is 11.9. The lowest BCUT2D eigenvalue weighted by molar-refractivity contribution is 0.0948. The Bertz CT molecular complexity index is 557. The highest BCUT2D eigenvalue weighted by Crippen LogP contribution is 2.30. The molecule has 0 saturated carbocycles. The standard InChI is InChI=1S/C16H17NO2S/c18-12-6-11-17-16(19)14-9-4-5-10-15(14)20-13-7-2-1-3-8-13/h1-5,7-10,18H,6,11-12H2,(H,17,19). The summed E-state index contributed by atoms with van der Waals surface area (Å²) < 4.78 is 0. The summed E-state index contributed by atoms with van der Waals surface area (Å²) in [5.41, 5.74) is 0.666. The predicted molar refractivity (Wildman–Crippen MR) is 81.0 cm³/mol. The molecule has 0 aliphatic heterocycles. The van der Waals surface area contributed by atoms with Gasteiger partial charge in [0, 0.05) is 22.9 Å². The fraction of sp³-hybridized carbons (Fsp3) is 0.188. The summed E-state index contributed by atoms with van der Waals surface area (Å²) in [5, 5.41) is 11.6. The number of hydrogen-bond acceptors (Lipinski definition) is 3. The van der Waals surface area contributed by atoms with E-state index in [9.17, 15) is 4.79 Å². The van der Waals surface area contributed by atoms with Gasteiger partial charge in [-0.1, -0.05) is 42.1 Å². The topological polar surface area (TPSA) is 49.3 Å². The Labute approximate surface area is 123 Å². The van der Waals surface area contributed by atoms with Crippen LogP contribution < -0.4 is 5.32 Å². The van der Waals surface area contributed by atoms with Crippen LogP contribution in [0.5, 0.6) is 0 Å². The van der Waals surface area contributed by atoms with Crippen LogP contribution in [0.2, 0.25) is 0 Å². The van der Waals surface area contributed by atoms with Crippen molar-refractivity contribution in [3.05, 3.63) is 60.2 Å². The van der Waals surface area contributed by atoms with Crippen molar-refractivity contribution in [2.75, 3.05) is 13.2 Å². The average molecular weight is 287 g/mol. The van der Waals surface area contributed by atoms with Crippen molar-refractivity contribution in [3.8, 4) is 0 Å². The van der Waals surface area contributed by atoms with Crippen LogP contribution in [0.1, 0.15) is 16.8 Å². The van der Waals surface area contributed by atoms with E-state index in [1.807, 2.05) is 54.6 Å². The molecule has 0 spiro atoms. The Morgan fingerprint density at radius 1 is 1.05 bits per heavy atom. The number of hydrogen-bond donors (Lipinski definition) is 2. The first-order chi connectivity index (χ1) is 9.81. The van der Waals surface area contributed by atoms with Crippen molar-refractivity contribution in [2.24, 2.45) is 0 Å². The molecule has 0 saturated heterocycles.